The molecule has 0 unspecified atom stereocenters. The van der Waals surface area contributed by atoms with Crippen molar-refractivity contribution in [1.82, 2.24) is 4.72 Å². The van der Waals surface area contributed by atoms with Gasteiger partial charge in [0.05, 0.1) is 12.0 Å². The van der Waals surface area contributed by atoms with Crippen LogP contribution in [0.15, 0.2) is 41.3 Å². The van der Waals surface area contributed by atoms with Crippen molar-refractivity contribution in [1.29, 1.82) is 0 Å². The Morgan fingerprint density at radius 1 is 1.00 bits per heavy atom. The molecule has 1 fully saturated rings. The zero-order chi connectivity index (χ0) is 19.4. The number of sulfonamides is 1. The van der Waals surface area contributed by atoms with E-state index in [9.17, 15) is 8.42 Å². The minimum absolute atomic E-state index is 0.271. The summed E-state index contributed by atoms with van der Waals surface area (Å²) in [6, 6.07) is 11.7. The smallest absolute Gasteiger partial charge is 0.241 e. The molecule has 146 valence electrons. The summed E-state index contributed by atoms with van der Waals surface area (Å²) in [5.41, 5.74) is 3.52. The molecule has 0 atom stereocenters. The lowest BCUT2D eigenvalue weighted by molar-refractivity contribution is 0.413. The van der Waals surface area contributed by atoms with Gasteiger partial charge in [0.2, 0.25) is 10.0 Å². The monoisotopic (exact) mass is 388 g/mol. The quantitative estimate of drug-likeness (QED) is 0.818. The molecule has 0 aliphatic carbocycles. The highest BCUT2D eigenvalue weighted by atomic mass is 32.2. The first-order valence-electron chi connectivity index (χ1n) is 9.39. The zero-order valence-electron chi connectivity index (χ0n) is 16.3. The number of anilines is 1. The molecule has 1 saturated heterocycles. The number of methoxy groups -OCH3 is 1. The van der Waals surface area contributed by atoms with Gasteiger partial charge in [-0.05, 0) is 74.1 Å². The third-order valence-corrected chi connectivity index (χ3v) is 6.77. The number of benzene rings is 2. The van der Waals surface area contributed by atoms with E-state index in [0.717, 1.165) is 18.7 Å². The van der Waals surface area contributed by atoms with Gasteiger partial charge in [-0.1, -0.05) is 12.1 Å². The van der Waals surface area contributed by atoms with Crippen molar-refractivity contribution >= 4 is 15.7 Å². The highest BCUT2D eigenvalue weighted by Gasteiger charge is 2.20. The topological polar surface area (TPSA) is 58.6 Å². The number of nitrogens with one attached hydrogen (secondary N) is 1. The number of hydrogen-bond acceptors (Lipinski definition) is 4. The van der Waals surface area contributed by atoms with Crippen LogP contribution in [-0.2, 0) is 16.6 Å². The summed E-state index contributed by atoms with van der Waals surface area (Å²) < 4.78 is 33.5. The molecular formula is C21H28N2O3S. The van der Waals surface area contributed by atoms with E-state index in [0.29, 0.717) is 21.8 Å². The largest absolute Gasteiger partial charge is 0.497 e. The Kier molecular flexibility index (Phi) is 6.07. The van der Waals surface area contributed by atoms with Crippen molar-refractivity contribution in [2.45, 2.75) is 44.6 Å². The van der Waals surface area contributed by atoms with E-state index in [1.165, 1.54) is 24.9 Å². The summed E-state index contributed by atoms with van der Waals surface area (Å²) in [5.74, 6) is 0.664. The maximum Gasteiger partial charge on any atom is 0.241 e. The highest BCUT2D eigenvalue weighted by molar-refractivity contribution is 7.89. The van der Waals surface area contributed by atoms with Crippen LogP contribution >= 0.6 is 0 Å². The molecule has 2 aromatic carbocycles. The molecule has 0 amide bonds. The SMILES string of the molecule is COc1cc(C)c(S(=O)(=O)NCc2ccc(N3CCCCC3)cc2)c(C)c1. The second-order valence-corrected chi connectivity index (χ2v) is 8.83. The van der Waals surface area contributed by atoms with Crippen LogP contribution in [0.5, 0.6) is 5.75 Å². The van der Waals surface area contributed by atoms with E-state index in [2.05, 4.69) is 21.8 Å². The van der Waals surface area contributed by atoms with Crippen LogP contribution < -0.4 is 14.4 Å². The van der Waals surface area contributed by atoms with Crippen LogP contribution in [0.1, 0.15) is 36.0 Å². The summed E-state index contributed by atoms with van der Waals surface area (Å²) in [5, 5.41) is 0. The van der Waals surface area contributed by atoms with Crippen molar-refractivity contribution in [3.8, 4) is 5.75 Å². The predicted molar refractivity (Wildman–Crippen MR) is 109 cm³/mol. The molecule has 1 aliphatic rings. The molecule has 0 saturated carbocycles. The van der Waals surface area contributed by atoms with Gasteiger partial charge in [0, 0.05) is 25.3 Å². The highest BCUT2D eigenvalue weighted by Crippen LogP contribution is 2.26. The molecule has 6 heteroatoms. The lowest BCUT2D eigenvalue weighted by atomic mass is 10.1. The van der Waals surface area contributed by atoms with Crippen LogP contribution in [0.2, 0.25) is 0 Å². The van der Waals surface area contributed by atoms with E-state index in [1.54, 1.807) is 33.1 Å². The van der Waals surface area contributed by atoms with E-state index in [4.69, 9.17) is 4.74 Å². The van der Waals surface area contributed by atoms with Gasteiger partial charge < -0.3 is 9.64 Å². The molecule has 0 bridgehead atoms. The maximum absolute atomic E-state index is 12.8. The van der Waals surface area contributed by atoms with E-state index in [1.807, 2.05) is 12.1 Å². The second kappa shape index (κ2) is 8.31. The first-order chi connectivity index (χ1) is 12.9. The summed E-state index contributed by atoms with van der Waals surface area (Å²) >= 11 is 0. The Labute approximate surface area is 162 Å². The van der Waals surface area contributed by atoms with E-state index >= 15 is 0 Å². The summed E-state index contributed by atoms with van der Waals surface area (Å²) in [6.07, 6.45) is 3.78. The number of nitrogens with zero attached hydrogens (tertiary/aromatic N) is 1. The van der Waals surface area contributed by atoms with Crippen molar-refractivity contribution in [2.75, 3.05) is 25.1 Å². The lowest BCUT2D eigenvalue weighted by Gasteiger charge is -2.28. The molecule has 1 heterocycles. The normalized spacial score (nSPS) is 15.0. The third-order valence-electron chi connectivity index (χ3n) is 5.06. The van der Waals surface area contributed by atoms with E-state index in [-0.39, 0.29) is 6.54 Å². The van der Waals surface area contributed by atoms with Crippen molar-refractivity contribution in [3.63, 3.8) is 0 Å². The fourth-order valence-electron chi connectivity index (χ4n) is 3.68. The Morgan fingerprint density at radius 3 is 2.15 bits per heavy atom. The molecule has 0 spiro atoms. The Morgan fingerprint density at radius 2 is 1.59 bits per heavy atom. The molecule has 3 rings (SSSR count). The fourth-order valence-corrected chi connectivity index (χ4v) is 5.15. The maximum atomic E-state index is 12.8. The standard InChI is InChI=1S/C21H28N2O3S/c1-16-13-20(26-3)14-17(2)21(16)27(24,25)22-15-18-7-9-19(10-8-18)23-11-5-4-6-12-23/h7-10,13-14,22H,4-6,11-12,15H2,1-3H3. The van der Waals surface area contributed by atoms with Gasteiger partial charge in [-0.3, -0.25) is 0 Å². The van der Waals surface area contributed by atoms with Gasteiger partial charge in [-0.15, -0.1) is 0 Å². The number of piperidine rings is 1. The van der Waals surface area contributed by atoms with Crippen LogP contribution in [-0.4, -0.2) is 28.6 Å². The van der Waals surface area contributed by atoms with Gasteiger partial charge in [-0.2, -0.15) is 0 Å². The van der Waals surface area contributed by atoms with Crippen molar-refractivity contribution in [2.24, 2.45) is 0 Å². The minimum Gasteiger partial charge on any atom is -0.497 e. The van der Waals surface area contributed by atoms with Crippen molar-refractivity contribution in [3.05, 3.63) is 53.1 Å². The Balaban J connectivity index is 1.70. The van der Waals surface area contributed by atoms with E-state index < -0.39 is 10.0 Å². The predicted octanol–water partition coefficient (Wildman–Crippen LogP) is 3.78. The van der Waals surface area contributed by atoms with Crippen molar-refractivity contribution < 1.29 is 13.2 Å². The zero-order valence-corrected chi connectivity index (χ0v) is 17.1. The Bertz CT molecular complexity index is 863. The number of aryl methyl sites for hydroxylation is 2. The van der Waals surface area contributed by atoms with Crippen LogP contribution in [0.25, 0.3) is 0 Å². The fraction of sp³-hybridized carbons (Fsp3) is 0.429. The van der Waals surface area contributed by atoms with Crippen LogP contribution in [0, 0.1) is 13.8 Å². The molecule has 1 aliphatic heterocycles. The minimum atomic E-state index is -3.59. The first-order valence-corrected chi connectivity index (χ1v) is 10.9. The Hall–Kier alpha value is -2.05. The van der Waals surface area contributed by atoms with Crippen LogP contribution in [0.3, 0.4) is 0 Å². The molecule has 0 radical (unpaired) electrons. The lowest BCUT2D eigenvalue weighted by Crippen LogP contribution is -2.29. The summed E-state index contributed by atoms with van der Waals surface area (Å²) in [4.78, 5) is 2.72. The molecule has 27 heavy (non-hydrogen) atoms. The number of rotatable bonds is 6. The van der Waals surface area contributed by atoms with Gasteiger partial charge in [0.1, 0.15) is 5.75 Å². The van der Waals surface area contributed by atoms with Gasteiger partial charge in [-0.25, -0.2) is 13.1 Å². The molecular weight excluding hydrogens is 360 g/mol. The molecule has 2 aromatic rings. The number of hydrogen-bond donors (Lipinski definition) is 1. The third kappa shape index (κ3) is 4.62. The second-order valence-electron chi connectivity index (χ2n) is 7.13. The summed E-state index contributed by atoms with van der Waals surface area (Å²) in [7, 11) is -2.01. The summed E-state index contributed by atoms with van der Waals surface area (Å²) in [6.45, 7) is 6.05. The van der Waals surface area contributed by atoms with Crippen LogP contribution in [0.4, 0.5) is 5.69 Å². The number of ether oxygens (including phenoxy) is 1. The average molecular weight is 389 g/mol. The molecule has 5 nitrogen and oxygen atoms in total. The first kappa shape index (κ1) is 19.7. The average Bonchev–Trinajstić information content (AvgIpc) is 2.66. The molecule has 1 N–H and O–H groups in total. The van der Waals surface area contributed by atoms with Gasteiger partial charge >= 0.3 is 0 Å². The van der Waals surface area contributed by atoms with Gasteiger partial charge in [0.15, 0.2) is 0 Å². The molecule has 0 aromatic heterocycles. The van der Waals surface area contributed by atoms with Gasteiger partial charge in [0.25, 0.3) is 0 Å².